The molecule has 0 aromatic heterocycles. The van der Waals surface area contributed by atoms with Gasteiger partial charge in [0.15, 0.2) is 0 Å². The number of rotatable bonds is 3. The number of amides is 1. The molecule has 0 aliphatic carbocycles. The molecule has 0 unspecified atom stereocenters. The van der Waals surface area contributed by atoms with Crippen LogP contribution in [0, 0.1) is 0 Å². The van der Waals surface area contributed by atoms with Gasteiger partial charge in [-0.25, -0.2) is 4.31 Å². The Hall–Kier alpha value is -1.08. The van der Waals surface area contributed by atoms with Gasteiger partial charge in [-0.05, 0) is 5.56 Å². The minimum Gasteiger partial charge on any atom is -0.412 e. The summed E-state index contributed by atoms with van der Waals surface area (Å²) >= 11 is 1.86. The third-order valence-corrected chi connectivity index (χ3v) is 4.13. The lowest BCUT2D eigenvalue weighted by Crippen LogP contribution is -2.45. The highest BCUT2D eigenvalue weighted by atomic mass is 32.2. The van der Waals surface area contributed by atoms with E-state index >= 15 is 0 Å². The number of nitrogens with zero attached hydrogens (tertiary/aromatic N) is 2. The van der Waals surface area contributed by atoms with Crippen molar-refractivity contribution >= 4 is 17.9 Å². The first-order valence-corrected chi connectivity index (χ1v) is 8.28. The van der Waals surface area contributed by atoms with Gasteiger partial charge in [0, 0.05) is 38.9 Å². The molecule has 0 saturated carbocycles. The molecule has 1 fully saturated rings. The zero-order valence-corrected chi connectivity index (χ0v) is 14.7. The first-order chi connectivity index (χ1) is 9.67. The van der Waals surface area contributed by atoms with Crippen molar-refractivity contribution in [3.05, 3.63) is 35.9 Å². The minimum absolute atomic E-state index is 0. The third-order valence-electron chi connectivity index (χ3n) is 2.94. The summed E-state index contributed by atoms with van der Waals surface area (Å²) in [6.45, 7) is 9.55. The molecule has 1 amide bonds. The quantitative estimate of drug-likeness (QED) is 0.791. The van der Waals surface area contributed by atoms with Crippen LogP contribution in [0.15, 0.2) is 30.3 Å². The molecule has 6 heteroatoms. The van der Waals surface area contributed by atoms with Gasteiger partial charge in [0.05, 0.1) is 0 Å². The van der Waals surface area contributed by atoms with Crippen LogP contribution >= 0.6 is 11.9 Å². The molecule has 5 nitrogen and oxygen atoms in total. The Morgan fingerprint density at radius 3 is 2.00 bits per heavy atom. The van der Waals surface area contributed by atoms with Gasteiger partial charge in [-0.2, -0.15) is 0 Å². The number of piperazine rings is 1. The van der Waals surface area contributed by atoms with Crippen LogP contribution in [0.25, 0.3) is 0 Å². The second kappa shape index (κ2) is 13.6. The average Bonchev–Trinajstić information content (AvgIpc) is 2.47. The molecule has 0 radical (unpaired) electrons. The lowest BCUT2D eigenvalue weighted by molar-refractivity contribution is -0.129. The van der Waals surface area contributed by atoms with E-state index in [4.69, 9.17) is 0 Å². The van der Waals surface area contributed by atoms with Crippen molar-refractivity contribution in [2.24, 2.45) is 0 Å². The van der Waals surface area contributed by atoms with Crippen molar-refractivity contribution in [3.8, 4) is 0 Å². The Balaban J connectivity index is 0. The van der Waals surface area contributed by atoms with Crippen LogP contribution in [-0.4, -0.2) is 52.2 Å². The number of carbonyl (C=O) groups excluding carboxylic acids is 1. The predicted molar refractivity (Wildman–Crippen MR) is 94.8 cm³/mol. The third kappa shape index (κ3) is 9.04. The van der Waals surface area contributed by atoms with Crippen molar-refractivity contribution in [2.75, 3.05) is 26.2 Å². The maximum absolute atomic E-state index is 11.2. The zero-order chi connectivity index (χ0) is 14.8. The molecule has 22 heavy (non-hydrogen) atoms. The molecule has 0 spiro atoms. The van der Waals surface area contributed by atoms with E-state index in [1.807, 2.05) is 22.9 Å². The molecular formula is C16H30N2O3S. The van der Waals surface area contributed by atoms with E-state index in [0.29, 0.717) is 0 Å². The highest BCUT2D eigenvalue weighted by Gasteiger charge is 2.18. The van der Waals surface area contributed by atoms with E-state index in [0.717, 1.165) is 31.9 Å². The van der Waals surface area contributed by atoms with Crippen LogP contribution in [0.3, 0.4) is 0 Å². The molecule has 1 saturated heterocycles. The van der Waals surface area contributed by atoms with E-state index in [-0.39, 0.29) is 16.9 Å². The zero-order valence-electron chi connectivity index (χ0n) is 13.8. The largest absolute Gasteiger partial charge is 0.412 e. The Morgan fingerprint density at radius 2 is 1.55 bits per heavy atom. The normalized spacial score (nSPS) is 14.0. The molecule has 1 aromatic carbocycles. The summed E-state index contributed by atoms with van der Waals surface area (Å²) in [5.41, 5.74) is 1.35. The van der Waals surface area contributed by atoms with Gasteiger partial charge in [-0.1, -0.05) is 62.5 Å². The van der Waals surface area contributed by atoms with Gasteiger partial charge in [0.1, 0.15) is 0 Å². The minimum atomic E-state index is 0. The second-order valence-electron chi connectivity index (χ2n) is 4.90. The van der Waals surface area contributed by atoms with Gasteiger partial charge in [0.25, 0.3) is 0 Å². The number of hydrogen-bond acceptors (Lipinski definition) is 3. The van der Waals surface area contributed by atoms with E-state index in [9.17, 15) is 4.79 Å². The lowest BCUT2D eigenvalue weighted by atomic mass is 10.2. The van der Waals surface area contributed by atoms with Crippen molar-refractivity contribution in [2.45, 2.75) is 32.9 Å². The molecule has 2 rings (SSSR count). The fourth-order valence-corrected chi connectivity index (χ4v) is 2.82. The predicted octanol–water partition coefficient (Wildman–Crippen LogP) is 1.77. The van der Waals surface area contributed by atoms with Crippen LogP contribution in [0.1, 0.15) is 32.8 Å². The van der Waals surface area contributed by atoms with E-state index in [1.54, 1.807) is 6.92 Å². The molecule has 1 aliphatic heterocycles. The van der Waals surface area contributed by atoms with E-state index < -0.39 is 0 Å². The SMILES string of the molecule is CC(=O)N1CCN(SCc2ccccc2)CC1.CCC.O.O. The summed E-state index contributed by atoms with van der Waals surface area (Å²) in [6.07, 6.45) is 1.25. The van der Waals surface area contributed by atoms with Gasteiger partial charge in [-0.3, -0.25) is 4.79 Å². The Morgan fingerprint density at radius 1 is 1.05 bits per heavy atom. The molecule has 128 valence electrons. The fraction of sp³-hybridized carbons (Fsp3) is 0.562. The Bertz CT molecular complexity index is 382. The summed E-state index contributed by atoms with van der Waals surface area (Å²) in [4.78, 5) is 13.1. The summed E-state index contributed by atoms with van der Waals surface area (Å²) in [7, 11) is 0. The van der Waals surface area contributed by atoms with Crippen molar-refractivity contribution in [3.63, 3.8) is 0 Å². The Labute approximate surface area is 138 Å². The molecule has 1 aliphatic rings. The topological polar surface area (TPSA) is 86.6 Å². The van der Waals surface area contributed by atoms with Gasteiger partial charge < -0.3 is 15.9 Å². The maximum atomic E-state index is 11.2. The summed E-state index contributed by atoms with van der Waals surface area (Å²) in [6, 6.07) is 10.5. The molecule has 4 N–H and O–H groups in total. The monoisotopic (exact) mass is 330 g/mol. The van der Waals surface area contributed by atoms with Crippen LogP contribution in [0.4, 0.5) is 0 Å². The summed E-state index contributed by atoms with van der Waals surface area (Å²) in [5.74, 6) is 1.21. The standard InChI is InChI=1S/C13H18N2OS.C3H8.2H2O/c1-12(16)14-7-9-15(10-8-14)17-11-13-5-3-2-4-6-13;1-3-2;;/h2-6H,7-11H2,1H3;3H2,1-2H3;2*1H2. The van der Waals surface area contributed by atoms with Crippen molar-refractivity contribution in [1.82, 2.24) is 9.21 Å². The van der Waals surface area contributed by atoms with Crippen LogP contribution in [0.2, 0.25) is 0 Å². The molecule has 1 aromatic rings. The molecular weight excluding hydrogens is 300 g/mol. The average molecular weight is 330 g/mol. The highest BCUT2D eigenvalue weighted by Crippen LogP contribution is 2.18. The second-order valence-corrected chi connectivity index (χ2v) is 5.96. The van der Waals surface area contributed by atoms with E-state index in [1.165, 1.54) is 12.0 Å². The molecule has 1 heterocycles. The van der Waals surface area contributed by atoms with Crippen LogP contribution in [-0.2, 0) is 10.5 Å². The Kier molecular flexibility index (Phi) is 14.3. The van der Waals surface area contributed by atoms with Crippen molar-refractivity contribution in [1.29, 1.82) is 0 Å². The van der Waals surface area contributed by atoms with Gasteiger partial charge >= 0.3 is 0 Å². The highest BCUT2D eigenvalue weighted by molar-refractivity contribution is 7.96. The van der Waals surface area contributed by atoms with Crippen LogP contribution < -0.4 is 0 Å². The molecule has 0 atom stereocenters. The fourth-order valence-electron chi connectivity index (χ4n) is 1.87. The number of hydrogen-bond donors (Lipinski definition) is 0. The summed E-state index contributed by atoms with van der Waals surface area (Å²) < 4.78 is 2.35. The maximum Gasteiger partial charge on any atom is 0.219 e. The first kappa shape index (κ1) is 23.2. The first-order valence-electron chi connectivity index (χ1n) is 7.34. The van der Waals surface area contributed by atoms with Gasteiger partial charge in [-0.15, -0.1) is 0 Å². The summed E-state index contributed by atoms with van der Waals surface area (Å²) in [5, 5.41) is 0. The smallest absolute Gasteiger partial charge is 0.219 e. The molecule has 0 bridgehead atoms. The number of benzene rings is 1. The number of carbonyl (C=O) groups is 1. The van der Waals surface area contributed by atoms with Gasteiger partial charge in [0.2, 0.25) is 5.91 Å². The lowest BCUT2D eigenvalue weighted by Gasteiger charge is -2.33. The van der Waals surface area contributed by atoms with E-state index in [2.05, 4.69) is 42.4 Å². The van der Waals surface area contributed by atoms with Crippen LogP contribution in [0.5, 0.6) is 0 Å². The van der Waals surface area contributed by atoms with Crippen molar-refractivity contribution < 1.29 is 15.7 Å².